The number of hydrogen-bond acceptors (Lipinski definition) is 1. The van der Waals surface area contributed by atoms with Gasteiger partial charge in [0.1, 0.15) is 11.6 Å². The lowest BCUT2D eigenvalue weighted by Crippen LogP contribution is -1.97. The zero-order valence-corrected chi connectivity index (χ0v) is 12.8. The summed E-state index contributed by atoms with van der Waals surface area (Å²) in [6.07, 6.45) is 0. The number of ether oxygens (including phenoxy) is 1. The molecule has 0 spiro atoms. The molecule has 1 unspecified atom stereocenters. The molecule has 0 N–H and O–H groups in total. The Morgan fingerprint density at radius 3 is 2.56 bits per heavy atom. The number of halogens is 3. The molecule has 0 saturated heterocycles. The summed E-state index contributed by atoms with van der Waals surface area (Å²) in [5.41, 5.74) is 1.59. The Bertz CT molecular complexity index is 557. The third-order valence-corrected chi connectivity index (χ3v) is 4.14. The van der Waals surface area contributed by atoms with Gasteiger partial charge in [0.15, 0.2) is 0 Å². The van der Waals surface area contributed by atoms with E-state index in [0.29, 0.717) is 11.3 Å². The van der Waals surface area contributed by atoms with Crippen LogP contribution in [-0.2, 0) is 0 Å². The molecule has 0 aromatic heterocycles. The van der Waals surface area contributed by atoms with Crippen molar-refractivity contribution in [3.63, 3.8) is 0 Å². The number of methoxy groups -OCH3 is 1. The molecule has 2 aromatic rings. The first kappa shape index (κ1) is 13.6. The fourth-order valence-electron chi connectivity index (χ4n) is 1.68. The van der Waals surface area contributed by atoms with E-state index in [-0.39, 0.29) is 10.6 Å². The van der Waals surface area contributed by atoms with E-state index < -0.39 is 0 Å². The van der Waals surface area contributed by atoms with Gasteiger partial charge in [-0.1, -0.05) is 50.1 Å². The normalized spacial score (nSPS) is 12.2. The van der Waals surface area contributed by atoms with Gasteiger partial charge >= 0.3 is 0 Å². The minimum absolute atomic E-state index is 0.180. The van der Waals surface area contributed by atoms with Gasteiger partial charge in [0.25, 0.3) is 0 Å². The summed E-state index contributed by atoms with van der Waals surface area (Å²) in [5, 5.41) is 0. The van der Waals surface area contributed by atoms with E-state index in [1.807, 2.05) is 24.3 Å². The molecule has 0 aliphatic heterocycles. The largest absolute Gasteiger partial charge is 0.497 e. The van der Waals surface area contributed by atoms with Gasteiger partial charge in [-0.15, -0.1) is 0 Å². The molecule has 0 aliphatic rings. The Labute approximate surface area is 122 Å². The van der Waals surface area contributed by atoms with Crippen molar-refractivity contribution < 1.29 is 9.13 Å². The highest BCUT2D eigenvalue weighted by atomic mass is 79.9. The molecule has 0 radical (unpaired) electrons. The summed E-state index contributed by atoms with van der Waals surface area (Å²) in [4.78, 5) is -0.180. The predicted octanol–water partition coefficient (Wildman–Crippen LogP) is 5.08. The molecule has 94 valence electrons. The average Bonchev–Trinajstić information content (AvgIpc) is 2.37. The monoisotopic (exact) mass is 372 g/mol. The fraction of sp³-hybridized carbons (Fsp3) is 0.143. The van der Waals surface area contributed by atoms with E-state index in [4.69, 9.17) is 4.74 Å². The van der Waals surface area contributed by atoms with Crippen LogP contribution in [0.25, 0.3) is 0 Å². The maximum Gasteiger partial charge on any atom is 0.131 e. The molecule has 0 heterocycles. The van der Waals surface area contributed by atoms with E-state index in [1.54, 1.807) is 12.1 Å². The predicted molar refractivity (Wildman–Crippen MR) is 77.9 cm³/mol. The summed E-state index contributed by atoms with van der Waals surface area (Å²) >= 11 is 6.93. The number of alkyl halides is 1. The second kappa shape index (κ2) is 5.85. The van der Waals surface area contributed by atoms with Crippen LogP contribution in [0.1, 0.15) is 16.0 Å². The van der Waals surface area contributed by atoms with Gasteiger partial charge in [-0.25, -0.2) is 4.39 Å². The van der Waals surface area contributed by atoms with Gasteiger partial charge in [0.05, 0.1) is 11.9 Å². The van der Waals surface area contributed by atoms with Crippen molar-refractivity contribution in [3.05, 3.63) is 63.9 Å². The minimum Gasteiger partial charge on any atom is -0.497 e. The van der Waals surface area contributed by atoms with Crippen molar-refractivity contribution >= 4 is 31.9 Å². The van der Waals surface area contributed by atoms with E-state index >= 15 is 0 Å². The standard InChI is InChI=1S/C14H11Br2FO/c1-18-11-5-6-12(13(17)8-11)14(16)9-3-2-4-10(15)7-9/h2-8,14H,1H3. The smallest absolute Gasteiger partial charge is 0.131 e. The van der Waals surface area contributed by atoms with Crippen LogP contribution in [0.2, 0.25) is 0 Å². The lowest BCUT2D eigenvalue weighted by Gasteiger charge is -2.13. The molecule has 0 fully saturated rings. The van der Waals surface area contributed by atoms with E-state index in [9.17, 15) is 4.39 Å². The maximum absolute atomic E-state index is 14.0. The van der Waals surface area contributed by atoms with Crippen LogP contribution in [0, 0.1) is 5.82 Å². The quantitative estimate of drug-likeness (QED) is 0.681. The molecule has 0 aliphatic carbocycles. The Morgan fingerprint density at radius 2 is 1.94 bits per heavy atom. The van der Waals surface area contributed by atoms with Crippen LogP contribution in [0.4, 0.5) is 4.39 Å². The van der Waals surface area contributed by atoms with Crippen molar-refractivity contribution in [2.24, 2.45) is 0 Å². The Balaban J connectivity index is 2.37. The van der Waals surface area contributed by atoms with Crippen molar-refractivity contribution in [1.29, 1.82) is 0 Å². The third kappa shape index (κ3) is 2.93. The first-order chi connectivity index (χ1) is 8.61. The molecule has 0 amide bonds. The van der Waals surface area contributed by atoms with Crippen LogP contribution in [0.3, 0.4) is 0 Å². The summed E-state index contributed by atoms with van der Waals surface area (Å²) in [6, 6.07) is 12.7. The summed E-state index contributed by atoms with van der Waals surface area (Å²) < 4.78 is 19.9. The molecule has 2 rings (SSSR count). The highest BCUT2D eigenvalue weighted by molar-refractivity contribution is 9.10. The molecule has 4 heteroatoms. The van der Waals surface area contributed by atoms with Crippen molar-refractivity contribution in [2.45, 2.75) is 4.83 Å². The van der Waals surface area contributed by atoms with Crippen LogP contribution in [0.15, 0.2) is 46.9 Å². The molecular formula is C14H11Br2FO. The lowest BCUT2D eigenvalue weighted by atomic mass is 10.0. The third-order valence-electron chi connectivity index (χ3n) is 2.62. The van der Waals surface area contributed by atoms with Crippen molar-refractivity contribution in [1.82, 2.24) is 0 Å². The van der Waals surface area contributed by atoms with Crippen molar-refractivity contribution in [3.8, 4) is 5.75 Å². The van der Waals surface area contributed by atoms with Gasteiger partial charge < -0.3 is 4.74 Å². The number of hydrogen-bond donors (Lipinski definition) is 0. The Kier molecular flexibility index (Phi) is 4.40. The molecule has 0 saturated carbocycles. The number of benzene rings is 2. The average molecular weight is 374 g/mol. The molecule has 0 bridgehead atoms. The summed E-state index contributed by atoms with van der Waals surface area (Å²) in [5.74, 6) is 0.237. The highest BCUT2D eigenvalue weighted by Gasteiger charge is 2.15. The van der Waals surface area contributed by atoms with Crippen LogP contribution >= 0.6 is 31.9 Å². The van der Waals surface area contributed by atoms with Gasteiger partial charge in [-0.2, -0.15) is 0 Å². The van der Waals surface area contributed by atoms with Crippen LogP contribution < -0.4 is 4.74 Å². The summed E-state index contributed by atoms with van der Waals surface area (Å²) in [6.45, 7) is 0. The number of rotatable bonds is 3. The molecule has 1 atom stereocenters. The highest BCUT2D eigenvalue weighted by Crippen LogP contribution is 2.34. The van der Waals surface area contributed by atoms with E-state index in [1.165, 1.54) is 13.2 Å². The van der Waals surface area contributed by atoms with E-state index in [0.717, 1.165) is 10.0 Å². The topological polar surface area (TPSA) is 9.23 Å². The zero-order valence-electron chi connectivity index (χ0n) is 9.66. The first-order valence-corrected chi connectivity index (χ1v) is 7.05. The molecule has 2 aromatic carbocycles. The fourth-order valence-corrected chi connectivity index (χ4v) is 2.76. The van der Waals surface area contributed by atoms with Crippen LogP contribution in [-0.4, -0.2) is 7.11 Å². The van der Waals surface area contributed by atoms with E-state index in [2.05, 4.69) is 31.9 Å². The lowest BCUT2D eigenvalue weighted by molar-refractivity contribution is 0.411. The van der Waals surface area contributed by atoms with Gasteiger partial charge in [-0.05, 0) is 23.8 Å². The molecular weight excluding hydrogens is 363 g/mol. The first-order valence-electron chi connectivity index (χ1n) is 5.35. The Hall–Kier alpha value is -0.870. The second-order valence-electron chi connectivity index (χ2n) is 3.81. The molecule has 18 heavy (non-hydrogen) atoms. The molecule has 1 nitrogen and oxygen atoms in total. The minimum atomic E-state index is -0.281. The summed E-state index contributed by atoms with van der Waals surface area (Å²) in [7, 11) is 1.52. The Morgan fingerprint density at radius 1 is 1.17 bits per heavy atom. The second-order valence-corrected chi connectivity index (χ2v) is 5.64. The van der Waals surface area contributed by atoms with Gasteiger partial charge in [-0.3, -0.25) is 0 Å². The van der Waals surface area contributed by atoms with Crippen LogP contribution in [0.5, 0.6) is 5.75 Å². The maximum atomic E-state index is 14.0. The van der Waals surface area contributed by atoms with Gasteiger partial charge in [0.2, 0.25) is 0 Å². The van der Waals surface area contributed by atoms with Crippen molar-refractivity contribution in [2.75, 3.05) is 7.11 Å². The zero-order chi connectivity index (χ0) is 13.1. The van der Waals surface area contributed by atoms with Gasteiger partial charge in [0, 0.05) is 16.1 Å². The SMILES string of the molecule is COc1ccc(C(Br)c2cccc(Br)c2)c(F)c1.